The number of piperazine rings is 1. The summed E-state index contributed by atoms with van der Waals surface area (Å²) in [6, 6.07) is 11.1. The van der Waals surface area contributed by atoms with Crippen LogP contribution < -0.4 is 10.1 Å². The summed E-state index contributed by atoms with van der Waals surface area (Å²) in [5.74, 6) is 0.532. The van der Waals surface area contributed by atoms with E-state index in [0.717, 1.165) is 40.8 Å². The van der Waals surface area contributed by atoms with Crippen molar-refractivity contribution in [1.82, 2.24) is 15.2 Å². The maximum absolute atomic E-state index is 13.4. The summed E-state index contributed by atoms with van der Waals surface area (Å²) in [6.45, 7) is 7.13. The molecule has 0 spiro atoms. The average molecular weight is 431 g/mol. The molecule has 0 bridgehead atoms. The molecule has 7 heteroatoms. The van der Waals surface area contributed by atoms with Gasteiger partial charge in [0.1, 0.15) is 5.75 Å². The summed E-state index contributed by atoms with van der Waals surface area (Å²) in [6.07, 6.45) is 1.30. The molecule has 3 N–H and O–H groups in total. The molecular formula is C25H26N4O3. The van der Waals surface area contributed by atoms with Gasteiger partial charge in [0.15, 0.2) is 12.4 Å². The molecule has 32 heavy (non-hydrogen) atoms. The van der Waals surface area contributed by atoms with Crippen LogP contribution in [0.5, 0.6) is 5.75 Å². The van der Waals surface area contributed by atoms with Gasteiger partial charge in [-0.05, 0) is 35.4 Å². The van der Waals surface area contributed by atoms with Crippen molar-refractivity contribution in [3.05, 3.63) is 64.3 Å². The van der Waals surface area contributed by atoms with E-state index in [1.807, 2.05) is 29.2 Å². The van der Waals surface area contributed by atoms with Crippen LogP contribution in [-0.2, 0) is 10.2 Å². The number of fused-ring (bicyclic) bond motifs is 4. The number of carbonyl (C=O) groups is 2. The minimum absolute atomic E-state index is 0.0167. The SMILES string of the molecule is CC1(C)c2cc(OCC(=O)N3CCNCC3)ccc2C(=O)c2c1[nH]c1cc(C=N)ccc21. The van der Waals surface area contributed by atoms with Gasteiger partial charge < -0.3 is 25.3 Å². The highest BCUT2D eigenvalue weighted by atomic mass is 16.5. The van der Waals surface area contributed by atoms with Gasteiger partial charge in [0, 0.05) is 60.0 Å². The molecule has 0 radical (unpaired) electrons. The van der Waals surface area contributed by atoms with Crippen LogP contribution in [0.2, 0.25) is 0 Å². The Morgan fingerprint density at radius 2 is 1.97 bits per heavy atom. The molecule has 1 aromatic heterocycles. The topological polar surface area (TPSA) is 98.3 Å². The van der Waals surface area contributed by atoms with Gasteiger partial charge in [-0.2, -0.15) is 0 Å². The third kappa shape index (κ3) is 3.20. The number of aromatic nitrogens is 1. The monoisotopic (exact) mass is 430 g/mol. The summed E-state index contributed by atoms with van der Waals surface area (Å²) in [5, 5.41) is 11.6. The predicted octanol–water partition coefficient (Wildman–Crippen LogP) is 2.85. The quantitative estimate of drug-likeness (QED) is 0.555. The first kappa shape index (κ1) is 20.5. The summed E-state index contributed by atoms with van der Waals surface area (Å²) in [7, 11) is 0. The van der Waals surface area contributed by atoms with E-state index in [9.17, 15) is 9.59 Å². The molecule has 0 atom stereocenters. The lowest BCUT2D eigenvalue weighted by atomic mass is 9.71. The zero-order valence-electron chi connectivity index (χ0n) is 18.2. The molecule has 0 saturated carbocycles. The molecule has 1 aliphatic heterocycles. The fourth-order valence-corrected chi connectivity index (χ4v) is 4.76. The molecular weight excluding hydrogens is 404 g/mol. The van der Waals surface area contributed by atoms with Gasteiger partial charge >= 0.3 is 0 Å². The van der Waals surface area contributed by atoms with Gasteiger partial charge in [-0.1, -0.05) is 26.0 Å². The van der Waals surface area contributed by atoms with Crippen LogP contribution >= 0.6 is 0 Å². The largest absolute Gasteiger partial charge is 0.484 e. The van der Waals surface area contributed by atoms with Crippen LogP contribution in [-0.4, -0.2) is 60.6 Å². The van der Waals surface area contributed by atoms with Gasteiger partial charge in [-0.15, -0.1) is 0 Å². The third-order valence-corrected chi connectivity index (χ3v) is 6.58. The molecule has 2 aliphatic rings. The van der Waals surface area contributed by atoms with E-state index in [2.05, 4.69) is 24.1 Å². The number of carbonyl (C=O) groups excluding carboxylic acids is 2. The zero-order valence-corrected chi connectivity index (χ0v) is 18.2. The number of aromatic amines is 1. The molecule has 3 aromatic rings. The van der Waals surface area contributed by atoms with E-state index in [1.165, 1.54) is 6.21 Å². The van der Waals surface area contributed by atoms with Crippen molar-refractivity contribution >= 4 is 28.8 Å². The molecule has 5 rings (SSSR count). The maximum atomic E-state index is 13.4. The lowest BCUT2D eigenvalue weighted by Gasteiger charge is -2.32. The highest BCUT2D eigenvalue weighted by molar-refractivity contribution is 6.20. The average Bonchev–Trinajstić information content (AvgIpc) is 3.21. The normalized spacial score (nSPS) is 17.1. The Kier molecular flexibility index (Phi) is 4.86. The number of ketones is 1. The minimum atomic E-state index is -0.454. The number of nitrogens with zero attached hydrogens (tertiary/aromatic N) is 1. The van der Waals surface area contributed by atoms with Crippen molar-refractivity contribution in [2.75, 3.05) is 32.8 Å². The summed E-state index contributed by atoms with van der Waals surface area (Å²) in [5.41, 5.74) is 4.26. The first-order valence-electron chi connectivity index (χ1n) is 10.9. The van der Waals surface area contributed by atoms with Crippen LogP contribution in [0.15, 0.2) is 36.4 Å². The van der Waals surface area contributed by atoms with Crippen molar-refractivity contribution in [2.24, 2.45) is 0 Å². The molecule has 164 valence electrons. The van der Waals surface area contributed by atoms with E-state index in [0.29, 0.717) is 30.0 Å². The maximum Gasteiger partial charge on any atom is 0.260 e. The van der Waals surface area contributed by atoms with Crippen LogP contribution in [0.1, 0.15) is 46.6 Å². The second-order valence-corrected chi connectivity index (χ2v) is 8.91. The van der Waals surface area contributed by atoms with Crippen LogP contribution in [0.3, 0.4) is 0 Å². The van der Waals surface area contributed by atoms with Gasteiger partial charge in [-0.3, -0.25) is 9.59 Å². The lowest BCUT2D eigenvalue weighted by Crippen LogP contribution is -2.47. The Balaban J connectivity index is 1.47. The Morgan fingerprint density at radius 1 is 1.19 bits per heavy atom. The van der Waals surface area contributed by atoms with Crippen LogP contribution in [0.25, 0.3) is 10.9 Å². The first-order valence-corrected chi connectivity index (χ1v) is 10.9. The molecule has 1 amide bonds. The van der Waals surface area contributed by atoms with Crippen molar-refractivity contribution in [3.63, 3.8) is 0 Å². The molecule has 1 fully saturated rings. The van der Waals surface area contributed by atoms with Gasteiger partial charge in [-0.25, -0.2) is 0 Å². The number of nitrogens with one attached hydrogen (secondary N) is 3. The molecule has 2 heterocycles. The highest BCUT2D eigenvalue weighted by Crippen LogP contribution is 2.44. The van der Waals surface area contributed by atoms with Crippen LogP contribution in [0, 0.1) is 5.41 Å². The zero-order chi connectivity index (χ0) is 22.5. The standard InChI is InChI=1S/C25H26N4O3/c1-25(2)19-12-16(32-14-21(30)29-9-7-27-8-10-29)4-6-17(19)23(31)22-18-5-3-15(13-26)11-20(18)28-24(22)25/h3-6,11-13,26-28H,7-10,14H2,1-2H3. The summed E-state index contributed by atoms with van der Waals surface area (Å²) in [4.78, 5) is 31.1. The Labute approximate surface area is 186 Å². The fourth-order valence-electron chi connectivity index (χ4n) is 4.76. The van der Waals surface area contributed by atoms with Gasteiger partial charge in [0.25, 0.3) is 5.91 Å². The number of hydrogen-bond donors (Lipinski definition) is 3. The molecule has 1 aliphatic carbocycles. The third-order valence-electron chi connectivity index (χ3n) is 6.58. The predicted molar refractivity (Wildman–Crippen MR) is 123 cm³/mol. The van der Waals surface area contributed by atoms with Crippen LogP contribution in [0.4, 0.5) is 0 Å². The number of H-pyrrole nitrogens is 1. The number of amides is 1. The number of benzene rings is 2. The van der Waals surface area contributed by atoms with E-state index in [-0.39, 0.29) is 18.3 Å². The van der Waals surface area contributed by atoms with Crippen molar-refractivity contribution < 1.29 is 14.3 Å². The van der Waals surface area contributed by atoms with E-state index in [4.69, 9.17) is 10.1 Å². The first-order chi connectivity index (χ1) is 15.4. The van der Waals surface area contributed by atoms with E-state index >= 15 is 0 Å². The van der Waals surface area contributed by atoms with Crippen molar-refractivity contribution in [1.29, 1.82) is 5.41 Å². The summed E-state index contributed by atoms with van der Waals surface area (Å²) < 4.78 is 5.83. The Hall–Kier alpha value is -3.45. The summed E-state index contributed by atoms with van der Waals surface area (Å²) >= 11 is 0. The minimum Gasteiger partial charge on any atom is -0.484 e. The number of rotatable bonds is 4. The lowest BCUT2D eigenvalue weighted by molar-refractivity contribution is -0.133. The Bertz CT molecular complexity index is 1250. The van der Waals surface area contributed by atoms with Gasteiger partial charge in [0.05, 0.1) is 5.56 Å². The van der Waals surface area contributed by atoms with Crippen molar-refractivity contribution in [2.45, 2.75) is 19.3 Å². The van der Waals surface area contributed by atoms with Crippen molar-refractivity contribution in [3.8, 4) is 5.75 Å². The van der Waals surface area contributed by atoms with E-state index < -0.39 is 5.41 Å². The highest BCUT2D eigenvalue weighted by Gasteiger charge is 2.39. The van der Waals surface area contributed by atoms with Gasteiger partial charge in [0.2, 0.25) is 0 Å². The number of hydrogen-bond acceptors (Lipinski definition) is 5. The second-order valence-electron chi connectivity index (χ2n) is 8.91. The molecule has 0 unspecified atom stereocenters. The number of ether oxygens (including phenoxy) is 1. The van der Waals surface area contributed by atoms with E-state index in [1.54, 1.807) is 12.1 Å². The Morgan fingerprint density at radius 3 is 2.72 bits per heavy atom. The second kappa shape index (κ2) is 7.60. The smallest absolute Gasteiger partial charge is 0.260 e. The molecule has 2 aromatic carbocycles. The fraction of sp³-hybridized carbons (Fsp3) is 0.320. The molecule has 1 saturated heterocycles. The molecule has 7 nitrogen and oxygen atoms in total.